The minimum atomic E-state index is -0.179. The second-order valence-electron chi connectivity index (χ2n) is 3.24. The molecule has 0 radical (unpaired) electrons. The Balaban J connectivity index is 2.72. The molecular formula is C9H15N3O2. The van der Waals surface area contributed by atoms with Crippen molar-refractivity contribution in [1.82, 2.24) is 9.55 Å². The van der Waals surface area contributed by atoms with Crippen molar-refractivity contribution in [3.8, 4) is 0 Å². The van der Waals surface area contributed by atoms with E-state index in [1.807, 2.05) is 0 Å². The molecule has 1 aromatic heterocycles. The third kappa shape index (κ3) is 2.93. The number of ether oxygens (including phenoxy) is 1. The van der Waals surface area contributed by atoms with E-state index in [2.05, 4.69) is 4.98 Å². The average Bonchev–Trinajstić information content (AvgIpc) is 2.10. The van der Waals surface area contributed by atoms with Gasteiger partial charge in [0.25, 0.3) is 5.56 Å². The monoisotopic (exact) mass is 197 g/mol. The highest BCUT2D eigenvalue weighted by molar-refractivity contribution is 4.96. The summed E-state index contributed by atoms with van der Waals surface area (Å²) >= 11 is 0. The zero-order valence-corrected chi connectivity index (χ0v) is 8.43. The summed E-state index contributed by atoms with van der Waals surface area (Å²) in [5.74, 6) is 0. The third-order valence-electron chi connectivity index (χ3n) is 1.83. The number of rotatable bonds is 4. The summed E-state index contributed by atoms with van der Waals surface area (Å²) in [7, 11) is 1.58. The Morgan fingerprint density at radius 3 is 3.00 bits per heavy atom. The van der Waals surface area contributed by atoms with E-state index in [9.17, 15) is 4.79 Å². The van der Waals surface area contributed by atoms with E-state index >= 15 is 0 Å². The molecule has 1 unspecified atom stereocenters. The van der Waals surface area contributed by atoms with E-state index in [4.69, 9.17) is 10.5 Å². The molecule has 0 fully saturated rings. The van der Waals surface area contributed by atoms with Gasteiger partial charge in [0, 0.05) is 31.5 Å². The lowest BCUT2D eigenvalue weighted by Crippen LogP contribution is -2.35. The molecule has 0 saturated heterocycles. The van der Waals surface area contributed by atoms with Crippen LogP contribution in [0.1, 0.15) is 5.69 Å². The Kier molecular flexibility index (Phi) is 3.79. The molecule has 0 amide bonds. The molecule has 1 rings (SSSR count). The molecular weight excluding hydrogens is 182 g/mol. The fraction of sp³-hybridized carbons (Fsp3) is 0.556. The van der Waals surface area contributed by atoms with Crippen LogP contribution < -0.4 is 11.3 Å². The van der Waals surface area contributed by atoms with Gasteiger partial charge in [0.2, 0.25) is 0 Å². The highest BCUT2D eigenvalue weighted by Gasteiger charge is 2.04. The molecule has 0 aliphatic rings. The van der Waals surface area contributed by atoms with Crippen LogP contribution in [0.4, 0.5) is 0 Å². The fourth-order valence-corrected chi connectivity index (χ4v) is 1.17. The Labute approximate surface area is 82.5 Å². The number of aromatic nitrogens is 2. The molecule has 1 heterocycles. The molecule has 0 saturated carbocycles. The van der Waals surface area contributed by atoms with E-state index < -0.39 is 0 Å². The second kappa shape index (κ2) is 4.88. The van der Waals surface area contributed by atoms with Gasteiger partial charge in [0.05, 0.1) is 12.9 Å². The summed E-state index contributed by atoms with van der Waals surface area (Å²) in [5.41, 5.74) is 6.35. The van der Waals surface area contributed by atoms with Gasteiger partial charge in [-0.1, -0.05) is 0 Å². The van der Waals surface area contributed by atoms with E-state index in [1.165, 1.54) is 17.0 Å². The predicted molar refractivity (Wildman–Crippen MR) is 53.1 cm³/mol. The molecule has 1 aromatic rings. The van der Waals surface area contributed by atoms with Gasteiger partial charge in [-0.25, -0.2) is 4.98 Å². The Hall–Kier alpha value is -1.20. The van der Waals surface area contributed by atoms with E-state index in [1.54, 1.807) is 14.0 Å². The minimum Gasteiger partial charge on any atom is -0.383 e. The lowest BCUT2D eigenvalue weighted by molar-refractivity contribution is 0.173. The first-order chi connectivity index (χ1) is 6.63. The third-order valence-corrected chi connectivity index (χ3v) is 1.83. The molecule has 1 atom stereocenters. The lowest BCUT2D eigenvalue weighted by Gasteiger charge is -2.11. The van der Waals surface area contributed by atoms with Gasteiger partial charge in [-0.05, 0) is 6.92 Å². The SMILES string of the molecule is COCC(N)Cn1cnc(C)cc1=O. The molecule has 14 heavy (non-hydrogen) atoms. The molecule has 5 nitrogen and oxygen atoms in total. The van der Waals surface area contributed by atoms with Crippen LogP contribution in [0.3, 0.4) is 0 Å². The molecule has 5 heteroatoms. The molecule has 2 N–H and O–H groups in total. The molecule has 0 aromatic carbocycles. The van der Waals surface area contributed by atoms with Gasteiger partial charge in [0.15, 0.2) is 0 Å². The largest absolute Gasteiger partial charge is 0.383 e. The molecule has 0 aliphatic carbocycles. The van der Waals surface area contributed by atoms with Gasteiger partial charge < -0.3 is 10.5 Å². The predicted octanol–water partition coefficient (Wildman–Crippen LogP) is -0.475. The van der Waals surface area contributed by atoms with Crippen molar-refractivity contribution in [1.29, 1.82) is 0 Å². The summed E-state index contributed by atoms with van der Waals surface area (Å²) < 4.78 is 6.36. The number of hydrogen-bond donors (Lipinski definition) is 1. The Morgan fingerprint density at radius 2 is 2.43 bits per heavy atom. The van der Waals surface area contributed by atoms with Gasteiger partial charge in [0.1, 0.15) is 0 Å². The van der Waals surface area contributed by atoms with Crippen LogP contribution in [-0.4, -0.2) is 29.3 Å². The highest BCUT2D eigenvalue weighted by atomic mass is 16.5. The maximum absolute atomic E-state index is 11.4. The topological polar surface area (TPSA) is 70.1 Å². The van der Waals surface area contributed by atoms with Crippen molar-refractivity contribution in [3.05, 3.63) is 28.4 Å². The van der Waals surface area contributed by atoms with Crippen LogP contribution in [0.25, 0.3) is 0 Å². The molecule has 0 aliphatic heterocycles. The van der Waals surface area contributed by atoms with Crippen LogP contribution >= 0.6 is 0 Å². The summed E-state index contributed by atoms with van der Waals surface area (Å²) in [4.78, 5) is 15.4. The minimum absolute atomic E-state index is 0.0796. The van der Waals surface area contributed by atoms with Gasteiger partial charge in [-0.15, -0.1) is 0 Å². The standard InChI is InChI=1S/C9H15N3O2/c1-7-3-9(13)12(6-11-7)4-8(10)5-14-2/h3,6,8H,4-5,10H2,1-2H3. The summed E-state index contributed by atoms with van der Waals surface area (Å²) in [6.07, 6.45) is 1.51. The molecule has 0 bridgehead atoms. The summed E-state index contributed by atoms with van der Waals surface area (Å²) in [6, 6.07) is 1.31. The lowest BCUT2D eigenvalue weighted by atomic mass is 10.3. The maximum Gasteiger partial charge on any atom is 0.253 e. The smallest absolute Gasteiger partial charge is 0.253 e. The van der Waals surface area contributed by atoms with Crippen LogP contribution in [0.15, 0.2) is 17.2 Å². The van der Waals surface area contributed by atoms with Gasteiger partial charge >= 0.3 is 0 Å². The van der Waals surface area contributed by atoms with Crippen molar-refractivity contribution < 1.29 is 4.74 Å². The highest BCUT2D eigenvalue weighted by Crippen LogP contribution is 1.88. The van der Waals surface area contributed by atoms with Crippen LogP contribution in [0.2, 0.25) is 0 Å². The maximum atomic E-state index is 11.4. The zero-order valence-electron chi connectivity index (χ0n) is 8.43. The van der Waals surface area contributed by atoms with Crippen molar-refractivity contribution in [2.45, 2.75) is 19.5 Å². The van der Waals surface area contributed by atoms with Crippen LogP contribution in [0.5, 0.6) is 0 Å². The second-order valence-corrected chi connectivity index (χ2v) is 3.24. The van der Waals surface area contributed by atoms with E-state index in [-0.39, 0.29) is 11.6 Å². The first-order valence-electron chi connectivity index (χ1n) is 4.41. The Morgan fingerprint density at radius 1 is 1.71 bits per heavy atom. The number of nitrogens with zero attached hydrogens (tertiary/aromatic N) is 2. The van der Waals surface area contributed by atoms with E-state index in [0.29, 0.717) is 18.8 Å². The van der Waals surface area contributed by atoms with Gasteiger partial charge in [-0.3, -0.25) is 9.36 Å². The van der Waals surface area contributed by atoms with Gasteiger partial charge in [-0.2, -0.15) is 0 Å². The first-order valence-corrected chi connectivity index (χ1v) is 4.41. The summed E-state index contributed by atoms with van der Waals surface area (Å²) in [6.45, 7) is 2.64. The first kappa shape index (κ1) is 10.9. The van der Waals surface area contributed by atoms with Crippen LogP contribution in [0, 0.1) is 6.92 Å². The molecule has 78 valence electrons. The Bertz CT molecular complexity index is 348. The fourth-order valence-electron chi connectivity index (χ4n) is 1.17. The van der Waals surface area contributed by atoms with E-state index in [0.717, 1.165) is 0 Å². The number of aryl methyl sites for hydroxylation is 1. The van der Waals surface area contributed by atoms with Crippen molar-refractivity contribution >= 4 is 0 Å². The average molecular weight is 197 g/mol. The zero-order chi connectivity index (χ0) is 10.6. The summed E-state index contributed by atoms with van der Waals surface area (Å²) in [5, 5.41) is 0. The quantitative estimate of drug-likeness (QED) is 0.708. The molecule has 0 spiro atoms. The van der Waals surface area contributed by atoms with Crippen molar-refractivity contribution in [2.75, 3.05) is 13.7 Å². The van der Waals surface area contributed by atoms with Crippen molar-refractivity contribution in [2.24, 2.45) is 5.73 Å². The normalized spacial score (nSPS) is 12.8. The van der Waals surface area contributed by atoms with Crippen molar-refractivity contribution in [3.63, 3.8) is 0 Å². The number of nitrogens with two attached hydrogens (primary N) is 1. The number of hydrogen-bond acceptors (Lipinski definition) is 4. The number of methoxy groups -OCH3 is 1. The van der Waals surface area contributed by atoms with Crippen LogP contribution in [-0.2, 0) is 11.3 Å².